The number of rotatable bonds is 3. The Labute approximate surface area is 161 Å². The number of halogens is 3. The van der Waals surface area contributed by atoms with Gasteiger partial charge in [-0.2, -0.15) is 13.2 Å². The fourth-order valence-corrected chi connectivity index (χ4v) is 4.35. The van der Waals surface area contributed by atoms with Crippen LogP contribution < -0.4 is 20.3 Å². The van der Waals surface area contributed by atoms with Gasteiger partial charge in [0.15, 0.2) is 0 Å². The van der Waals surface area contributed by atoms with Gasteiger partial charge in [-0.25, -0.2) is 4.98 Å². The maximum absolute atomic E-state index is 13.9. The number of hydrogen-bond donors (Lipinski definition) is 2. The average molecular weight is 392 g/mol. The lowest BCUT2D eigenvalue weighted by Gasteiger charge is -2.31. The number of methoxy groups -OCH3 is 1. The van der Waals surface area contributed by atoms with Gasteiger partial charge in [0.1, 0.15) is 5.69 Å². The Morgan fingerprint density at radius 2 is 2.07 bits per heavy atom. The number of hydrogen-bond acceptors (Lipinski definition) is 5. The van der Waals surface area contributed by atoms with E-state index in [9.17, 15) is 13.2 Å². The highest BCUT2D eigenvalue weighted by Crippen LogP contribution is 2.50. The van der Waals surface area contributed by atoms with Crippen LogP contribution in [-0.2, 0) is 6.18 Å². The Hall–Kier alpha value is -2.48. The zero-order chi connectivity index (χ0) is 20.1. The van der Waals surface area contributed by atoms with E-state index in [1.807, 2.05) is 17.9 Å². The van der Waals surface area contributed by atoms with Gasteiger partial charge in [-0.05, 0) is 49.7 Å². The molecule has 4 rings (SSSR count). The summed E-state index contributed by atoms with van der Waals surface area (Å²) in [7, 11) is 3.26. The molecule has 0 amide bonds. The molecule has 1 aromatic heterocycles. The Morgan fingerprint density at radius 3 is 2.79 bits per heavy atom. The standard InChI is InChI=1S/C20H23F3N4O/c1-11-4-5-16(19(25-11)28-3)26-12-8-13-14-10-24-7-6-17(14)27(2)18(13)15(9-12)20(21,22)23/h4-5,8-9,14,17,24,26H,6-7,10H2,1-3H3/t14-,17-/m0/s1. The molecule has 150 valence electrons. The summed E-state index contributed by atoms with van der Waals surface area (Å²) in [6.45, 7) is 3.33. The van der Waals surface area contributed by atoms with Crippen molar-refractivity contribution in [2.24, 2.45) is 0 Å². The second-order valence-corrected chi connectivity index (χ2v) is 7.37. The number of anilines is 3. The van der Waals surface area contributed by atoms with E-state index in [1.54, 1.807) is 19.2 Å². The minimum atomic E-state index is -4.44. The van der Waals surface area contributed by atoms with Crippen molar-refractivity contribution < 1.29 is 17.9 Å². The van der Waals surface area contributed by atoms with Gasteiger partial charge < -0.3 is 20.3 Å². The first-order valence-electron chi connectivity index (χ1n) is 9.27. The third kappa shape index (κ3) is 3.15. The molecule has 1 saturated heterocycles. The highest BCUT2D eigenvalue weighted by molar-refractivity contribution is 5.75. The number of ether oxygens (including phenoxy) is 1. The van der Waals surface area contributed by atoms with E-state index < -0.39 is 11.7 Å². The molecule has 0 bridgehead atoms. The van der Waals surface area contributed by atoms with Gasteiger partial charge in [0.05, 0.1) is 18.4 Å². The highest BCUT2D eigenvalue weighted by atomic mass is 19.4. The predicted molar refractivity (Wildman–Crippen MR) is 103 cm³/mol. The average Bonchev–Trinajstić information content (AvgIpc) is 2.95. The number of benzene rings is 1. The first-order valence-corrected chi connectivity index (χ1v) is 9.27. The van der Waals surface area contributed by atoms with Crippen molar-refractivity contribution >= 4 is 17.1 Å². The van der Waals surface area contributed by atoms with E-state index >= 15 is 0 Å². The van der Waals surface area contributed by atoms with E-state index in [2.05, 4.69) is 15.6 Å². The van der Waals surface area contributed by atoms with Crippen molar-refractivity contribution in [2.45, 2.75) is 31.5 Å². The van der Waals surface area contributed by atoms with E-state index in [0.29, 0.717) is 29.5 Å². The molecule has 1 aromatic carbocycles. The molecule has 5 nitrogen and oxygen atoms in total. The molecule has 2 aliphatic rings. The van der Waals surface area contributed by atoms with Gasteiger partial charge in [0.25, 0.3) is 0 Å². The molecule has 0 radical (unpaired) electrons. The smallest absolute Gasteiger partial charge is 0.418 e. The second-order valence-electron chi connectivity index (χ2n) is 7.37. The summed E-state index contributed by atoms with van der Waals surface area (Å²) < 4.78 is 47.0. The lowest BCUT2D eigenvalue weighted by molar-refractivity contribution is -0.137. The van der Waals surface area contributed by atoms with Gasteiger partial charge in [-0.1, -0.05) is 0 Å². The number of pyridine rings is 1. The molecule has 1 fully saturated rings. The molecule has 2 atom stereocenters. The van der Waals surface area contributed by atoms with Gasteiger partial charge in [-0.3, -0.25) is 0 Å². The van der Waals surface area contributed by atoms with Crippen molar-refractivity contribution in [1.82, 2.24) is 10.3 Å². The molecule has 3 heterocycles. The van der Waals surface area contributed by atoms with Crippen LogP contribution >= 0.6 is 0 Å². The monoisotopic (exact) mass is 392 g/mol. The van der Waals surface area contributed by atoms with Crippen LogP contribution in [-0.4, -0.2) is 38.3 Å². The summed E-state index contributed by atoms with van der Waals surface area (Å²) in [6, 6.07) is 6.65. The van der Waals surface area contributed by atoms with Crippen LogP contribution in [0.15, 0.2) is 24.3 Å². The van der Waals surface area contributed by atoms with E-state index in [-0.39, 0.29) is 12.0 Å². The van der Waals surface area contributed by atoms with Crippen LogP contribution in [0.1, 0.15) is 29.2 Å². The normalized spacial score (nSPS) is 21.3. The largest absolute Gasteiger partial charge is 0.480 e. The van der Waals surface area contributed by atoms with Crippen LogP contribution in [0.5, 0.6) is 5.88 Å². The molecule has 0 aliphatic carbocycles. The minimum absolute atomic E-state index is 0.0367. The SMILES string of the molecule is COc1nc(C)ccc1Nc1cc2c(c(C(F)(F)F)c1)N(C)[C@H]1CCNC[C@@H]21. The fraction of sp³-hybridized carbons (Fsp3) is 0.450. The van der Waals surface area contributed by atoms with Crippen LogP contribution in [0.2, 0.25) is 0 Å². The number of aromatic nitrogens is 1. The summed E-state index contributed by atoms with van der Waals surface area (Å²) in [6.07, 6.45) is -3.61. The summed E-state index contributed by atoms with van der Waals surface area (Å²) in [5.74, 6) is 0.387. The zero-order valence-corrected chi connectivity index (χ0v) is 16.0. The third-order valence-electron chi connectivity index (χ3n) is 5.61. The second kappa shape index (κ2) is 6.84. The van der Waals surface area contributed by atoms with Crippen LogP contribution in [0.3, 0.4) is 0 Å². The topological polar surface area (TPSA) is 49.4 Å². The Kier molecular flexibility index (Phi) is 4.61. The minimum Gasteiger partial charge on any atom is -0.480 e. The van der Waals surface area contributed by atoms with Gasteiger partial charge in [-0.15, -0.1) is 0 Å². The highest BCUT2D eigenvalue weighted by Gasteiger charge is 2.45. The Bertz CT molecular complexity index is 900. The van der Waals surface area contributed by atoms with Crippen LogP contribution in [0.4, 0.5) is 30.2 Å². The van der Waals surface area contributed by atoms with Crippen LogP contribution in [0.25, 0.3) is 0 Å². The maximum atomic E-state index is 13.9. The Morgan fingerprint density at radius 1 is 1.29 bits per heavy atom. The number of nitrogens with one attached hydrogen (secondary N) is 2. The molecule has 0 spiro atoms. The fourth-order valence-electron chi connectivity index (χ4n) is 4.35. The van der Waals surface area contributed by atoms with Gasteiger partial charge >= 0.3 is 6.18 Å². The van der Waals surface area contributed by atoms with Crippen molar-refractivity contribution in [1.29, 1.82) is 0 Å². The number of likely N-dealkylation sites (N-methyl/N-ethyl adjacent to an activating group) is 1. The quantitative estimate of drug-likeness (QED) is 0.825. The van der Waals surface area contributed by atoms with Gasteiger partial charge in [0, 0.05) is 36.9 Å². The summed E-state index contributed by atoms with van der Waals surface area (Å²) in [4.78, 5) is 6.09. The third-order valence-corrected chi connectivity index (χ3v) is 5.61. The van der Waals surface area contributed by atoms with Gasteiger partial charge in [0.2, 0.25) is 5.88 Å². The molecule has 0 saturated carbocycles. The first-order chi connectivity index (χ1) is 13.3. The van der Waals surface area contributed by atoms with E-state index in [4.69, 9.17) is 4.74 Å². The molecule has 8 heteroatoms. The van der Waals surface area contributed by atoms with Crippen LogP contribution in [0, 0.1) is 6.92 Å². The predicted octanol–water partition coefficient (Wildman–Crippen LogP) is 4.06. The number of alkyl halides is 3. The van der Waals surface area contributed by atoms with Crippen molar-refractivity contribution in [3.05, 3.63) is 41.1 Å². The summed E-state index contributed by atoms with van der Waals surface area (Å²) >= 11 is 0. The first kappa shape index (κ1) is 18.9. The molecule has 2 aliphatic heterocycles. The number of fused-ring (bicyclic) bond motifs is 3. The summed E-state index contributed by atoms with van der Waals surface area (Å²) in [5.41, 5.74) is 2.11. The molecular weight excluding hydrogens is 369 g/mol. The molecule has 2 aromatic rings. The molecule has 0 unspecified atom stereocenters. The molecular formula is C20H23F3N4O. The Balaban J connectivity index is 1.81. The zero-order valence-electron chi connectivity index (χ0n) is 16.0. The number of piperidine rings is 1. The van der Waals surface area contributed by atoms with E-state index in [1.165, 1.54) is 13.2 Å². The maximum Gasteiger partial charge on any atom is 0.418 e. The lowest BCUT2D eigenvalue weighted by Crippen LogP contribution is -2.42. The number of nitrogens with zero attached hydrogens (tertiary/aromatic N) is 2. The number of aryl methyl sites for hydroxylation is 1. The van der Waals surface area contributed by atoms with Crippen molar-refractivity contribution in [2.75, 3.05) is 37.5 Å². The molecule has 2 N–H and O–H groups in total. The van der Waals surface area contributed by atoms with E-state index in [0.717, 1.165) is 24.2 Å². The lowest BCUT2D eigenvalue weighted by atomic mass is 9.89. The molecule has 28 heavy (non-hydrogen) atoms. The summed E-state index contributed by atoms with van der Waals surface area (Å²) in [5, 5.41) is 6.39. The van der Waals surface area contributed by atoms with Crippen molar-refractivity contribution in [3.8, 4) is 5.88 Å². The van der Waals surface area contributed by atoms with Crippen molar-refractivity contribution in [3.63, 3.8) is 0 Å².